The second-order valence-corrected chi connectivity index (χ2v) is 6.79. The van der Waals surface area contributed by atoms with Gasteiger partial charge < -0.3 is 19.7 Å². The van der Waals surface area contributed by atoms with E-state index in [0.717, 1.165) is 36.4 Å². The van der Waals surface area contributed by atoms with Gasteiger partial charge in [0.25, 0.3) is 0 Å². The zero-order chi connectivity index (χ0) is 18.8. The monoisotopic (exact) mass is 364 g/mol. The first-order chi connectivity index (χ1) is 13.2. The summed E-state index contributed by atoms with van der Waals surface area (Å²) < 4.78 is 10.9. The third-order valence-corrected chi connectivity index (χ3v) is 5.07. The first-order valence-electron chi connectivity index (χ1n) is 9.11. The van der Waals surface area contributed by atoms with E-state index in [1.165, 1.54) is 11.1 Å². The molecule has 0 bridgehead atoms. The average Bonchev–Trinajstić information content (AvgIpc) is 2.72. The van der Waals surface area contributed by atoms with Crippen molar-refractivity contribution in [2.75, 3.05) is 38.8 Å². The topological polar surface area (TPSA) is 59.5 Å². The number of aromatic nitrogens is 2. The van der Waals surface area contributed by atoms with Crippen molar-refractivity contribution < 1.29 is 9.47 Å². The minimum atomic E-state index is 0.268. The van der Waals surface area contributed by atoms with E-state index in [9.17, 15) is 0 Å². The molecule has 3 aromatic rings. The lowest BCUT2D eigenvalue weighted by atomic mass is 10.0. The molecule has 1 saturated heterocycles. The van der Waals surface area contributed by atoms with Gasteiger partial charge in [0.05, 0.1) is 19.7 Å². The van der Waals surface area contributed by atoms with E-state index in [0.29, 0.717) is 11.5 Å². The molecule has 2 aromatic carbocycles. The molecule has 0 saturated carbocycles. The molecule has 1 N–H and O–H groups in total. The van der Waals surface area contributed by atoms with E-state index in [4.69, 9.17) is 9.47 Å². The third-order valence-electron chi connectivity index (χ3n) is 5.07. The fourth-order valence-corrected chi connectivity index (χ4v) is 3.59. The van der Waals surface area contributed by atoms with Gasteiger partial charge in [0.1, 0.15) is 12.1 Å². The molecule has 1 aliphatic heterocycles. The van der Waals surface area contributed by atoms with E-state index in [1.807, 2.05) is 12.1 Å². The number of nitrogens with zero attached hydrogens (tertiary/aromatic N) is 3. The molecule has 1 fully saturated rings. The highest BCUT2D eigenvalue weighted by molar-refractivity contribution is 5.92. The minimum absolute atomic E-state index is 0.268. The lowest BCUT2D eigenvalue weighted by molar-refractivity contribution is 0.355. The fourth-order valence-electron chi connectivity index (χ4n) is 3.59. The van der Waals surface area contributed by atoms with Crippen molar-refractivity contribution in [1.29, 1.82) is 0 Å². The van der Waals surface area contributed by atoms with E-state index in [2.05, 4.69) is 51.4 Å². The fraction of sp³-hybridized carbons (Fsp3) is 0.333. The third kappa shape index (κ3) is 3.40. The number of benzene rings is 2. The van der Waals surface area contributed by atoms with Gasteiger partial charge in [-0.25, -0.2) is 9.97 Å². The van der Waals surface area contributed by atoms with Crippen LogP contribution in [0.5, 0.6) is 11.5 Å². The van der Waals surface area contributed by atoms with Gasteiger partial charge in [0.15, 0.2) is 11.5 Å². The number of piperazine rings is 1. The zero-order valence-corrected chi connectivity index (χ0v) is 15.9. The maximum atomic E-state index is 5.48. The molecule has 1 unspecified atom stereocenters. The number of methoxy groups -OCH3 is 2. The van der Waals surface area contributed by atoms with Gasteiger partial charge in [-0.3, -0.25) is 0 Å². The molecule has 0 spiro atoms. The van der Waals surface area contributed by atoms with Gasteiger partial charge >= 0.3 is 0 Å². The number of fused-ring (bicyclic) bond motifs is 1. The molecule has 6 nitrogen and oxygen atoms in total. The molecule has 1 aliphatic rings. The van der Waals surface area contributed by atoms with Crippen molar-refractivity contribution >= 4 is 16.7 Å². The summed E-state index contributed by atoms with van der Waals surface area (Å²) in [5.74, 6) is 2.29. The van der Waals surface area contributed by atoms with Crippen LogP contribution in [0.4, 0.5) is 5.82 Å². The van der Waals surface area contributed by atoms with E-state index in [-0.39, 0.29) is 6.04 Å². The van der Waals surface area contributed by atoms with Gasteiger partial charge in [-0.15, -0.1) is 0 Å². The Bertz CT molecular complexity index is 943. The summed E-state index contributed by atoms with van der Waals surface area (Å²) in [6.07, 6.45) is 1.62. The molecule has 27 heavy (non-hydrogen) atoms. The molecule has 2 heterocycles. The van der Waals surface area contributed by atoms with Crippen LogP contribution in [0.2, 0.25) is 0 Å². The Hall–Kier alpha value is -2.86. The van der Waals surface area contributed by atoms with Crippen molar-refractivity contribution in [1.82, 2.24) is 15.3 Å². The second-order valence-electron chi connectivity index (χ2n) is 6.79. The molecule has 0 amide bonds. The highest BCUT2D eigenvalue weighted by atomic mass is 16.5. The number of nitrogens with one attached hydrogen (secondary N) is 1. The minimum Gasteiger partial charge on any atom is -0.493 e. The summed E-state index contributed by atoms with van der Waals surface area (Å²) in [5.41, 5.74) is 3.42. The van der Waals surface area contributed by atoms with Gasteiger partial charge in [-0.1, -0.05) is 29.8 Å². The standard InChI is InChI=1S/C21H24N4O2/c1-14-4-6-15(7-5-14)18-12-25(9-8-22-18)21-16-10-19(26-2)20(27-3)11-17(16)23-13-24-21/h4-7,10-11,13,18,22H,8-9,12H2,1-3H3. The molecule has 0 aliphatic carbocycles. The Morgan fingerprint density at radius 1 is 1.04 bits per heavy atom. The van der Waals surface area contributed by atoms with E-state index in [1.54, 1.807) is 20.5 Å². The second kappa shape index (κ2) is 7.40. The number of hydrogen-bond donors (Lipinski definition) is 1. The number of aryl methyl sites for hydroxylation is 1. The summed E-state index contributed by atoms with van der Waals surface area (Å²) in [6.45, 7) is 4.75. The van der Waals surface area contributed by atoms with Gasteiger partial charge in [0.2, 0.25) is 0 Å². The Balaban J connectivity index is 1.69. The molecule has 6 heteroatoms. The number of hydrogen-bond acceptors (Lipinski definition) is 6. The van der Waals surface area contributed by atoms with Crippen LogP contribution < -0.4 is 19.7 Å². The van der Waals surface area contributed by atoms with Gasteiger partial charge in [0, 0.05) is 37.1 Å². The molecule has 1 aromatic heterocycles. The van der Waals surface area contributed by atoms with Crippen LogP contribution in [-0.2, 0) is 0 Å². The van der Waals surface area contributed by atoms with Crippen LogP contribution in [0.1, 0.15) is 17.2 Å². The molecule has 140 valence electrons. The van der Waals surface area contributed by atoms with Crippen LogP contribution in [0, 0.1) is 6.92 Å². The van der Waals surface area contributed by atoms with Gasteiger partial charge in [-0.2, -0.15) is 0 Å². The highest BCUT2D eigenvalue weighted by Gasteiger charge is 2.23. The SMILES string of the molecule is COc1cc2ncnc(N3CCNC(c4ccc(C)cc4)C3)c2cc1OC. The summed E-state index contributed by atoms with van der Waals surface area (Å²) >= 11 is 0. The Kier molecular flexibility index (Phi) is 4.81. The maximum absolute atomic E-state index is 5.48. The predicted octanol–water partition coefficient (Wildman–Crippen LogP) is 3.11. The van der Waals surface area contributed by atoms with Crippen LogP contribution >= 0.6 is 0 Å². The van der Waals surface area contributed by atoms with Crippen molar-refractivity contribution in [3.8, 4) is 11.5 Å². The summed E-state index contributed by atoms with van der Waals surface area (Å²) in [4.78, 5) is 11.3. The average molecular weight is 364 g/mol. The summed E-state index contributed by atoms with van der Waals surface area (Å²) in [5, 5.41) is 4.59. The molecular formula is C21H24N4O2. The lowest BCUT2D eigenvalue weighted by Gasteiger charge is -2.35. The number of rotatable bonds is 4. The van der Waals surface area contributed by atoms with E-state index >= 15 is 0 Å². The largest absolute Gasteiger partial charge is 0.493 e. The van der Waals surface area contributed by atoms with Gasteiger partial charge in [-0.05, 0) is 18.6 Å². The lowest BCUT2D eigenvalue weighted by Crippen LogP contribution is -2.46. The first-order valence-corrected chi connectivity index (χ1v) is 9.11. The van der Waals surface area contributed by atoms with Crippen LogP contribution in [0.3, 0.4) is 0 Å². The first kappa shape index (κ1) is 17.5. The molecule has 1 atom stereocenters. The van der Waals surface area contributed by atoms with Crippen molar-refractivity contribution in [3.63, 3.8) is 0 Å². The Morgan fingerprint density at radius 2 is 1.78 bits per heavy atom. The maximum Gasteiger partial charge on any atom is 0.162 e. The highest BCUT2D eigenvalue weighted by Crippen LogP contribution is 2.35. The number of ether oxygens (including phenoxy) is 2. The molecular weight excluding hydrogens is 340 g/mol. The summed E-state index contributed by atoms with van der Waals surface area (Å²) in [7, 11) is 3.28. The zero-order valence-electron chi connectivity index (χ0n) is 15.9. The molecule has 0 radical (unpaired) electrons. The van der Waals surface area contributed by atoms with Crippen molar-refractivity contribution in [2.24, 2.45) is 0 Å². The normalized spacial score (nSPS) is 17.1. The molecule has 4 rings (SSSR count). The number of anilines is 1. The predicted molar refractivity (Wildman–Crippen MR) is 107 cm³/mol. The quantitative estimate of drug-likeness (QED) is 0.768. The van der Waals surface area contributed by atoms with Crippen molar-refractivity contribution in [2.45, 2.75) is 13.0 Å². The van der Waals surface area contributed by atoms with Crippen LogP contribution in [0.15, 0.2) is 42.7 Å². The smallest absolute Gasteiger partial charge is 0.162 e. The van der Waals surface area contributed by atoms with Crippen LogP contribution in [0.25, 0.3) is 10.9 Å². The van der Waals surface area contributed by atoms with Crippen LogP contribution in [-0.4, -0.2) is 43.8 Å². The van der Waals surface area contributed by atoms with E-state index < -0.39 is 0 Å². The summed E-state index contributed by atoms with van der Waals surface area (Å²) in [6, 6.07) is 12.8. The Morgan fingerprint density at radius 3 is 2.52 bits per heavy atom. The van der Waals surface area contributed by atoms with Crippen molar-refractivity contribution in [3.05, 3.63) is 53.9 Å². The Labute approximate surface area is 159 Å².